The Kier molecular flexibility index (Phi) is 1.21. The Balaban J connectivity index is 1.96. The van der Waals surface area contributed by atoms with Gasteiger partial charge in [0.15, 0.2) is 0 Å². The van der Waals surface area contributed by atoms with Crippen molar-refractivity contribution in [3.05, 3.63) is 12.2 Å². The van der Waals surface area contributed by atoms with Crippen molar-refractivity contribution in [1.29, 1.82) is 0 Å². The second-order valence-corrected chi connectivity index (χ2v) is 4.66. The van der Waals surface area contributed by atoms with Crippen LogP contribution in [-0.4, -0.2) is 0 Å². The van der Waals surface area contributed by atoms with Crippen molar-refractivity contribution in [2.75, 3.05) is 0 Å². The number of hydrogen-bond acceptors (Lipinski definition) is 0. The lowest BCUT2D eigenvalue weighted by Gasteiger charge is -2.36. The Labute approximate surface area is 68.7 Å². The van der Waals surface area contributed by atoms with E-state index in [0.717, 1.165) is 23.7 Å². The molecule has 0 aromatic rings. The highest BCUT2D eigenvalue weighted by atomic mass is 14.5. The van der Waals surface area contributed by atoms with Gasteiger partial charge in [-0.1, -0.05) is 12.2 Å². The Morgan fingerprint density at radius 3 is 2.82 bits per heavy atom. The van der Waals surface area contributed by atoms with Gasteiger partial charge in [-0.15, -0.1) is 0 Å². The highest BCUT2D eigenvalue weighted by molar-refractivity contribution is 5.06. The van der Waals surface area contributed by atoms with E-state index in [9.17, 15) is 0 Å². The summed E-state index contributed by atoms with van der Waals surface area (Å²) in [5, 5.41) is 0. The van der Waals surface area contributed by atoms with Gasteiger partial charge >= 0.3 is 0 Å². The maximum atomic E-state index is 2.50. The summed E-state index contributed by atoms with van der Waals surface area (Å²) in [7, 11) is 0. The van der Waals surface area contributed by atoms with E-state index in [0.29, 0.717) is 0 Å². The zero-order valence-corrected chi connectivity index (χ0v) is 7.00. The zero-order chi connectivity index (χ0) is 7.26. The molecule has 4 unspecified atom stereocenters. The van der Waals surface area contributed by atoms with Crippen molar-refractivity contribution in [2.24, 2.45) is 23.7 Å². The molecule has 3 rings (SSSR count). The lowest BCUT2D eigenvalue weighted by Crippen LogP contribution is -2.26. The van der Waals surface area contributed by atoms with Gasteiger partial charge in [0.1, 0.15) is 0 Å². The Morgan fingerprint density at radius 1 is 0.909 bits per heavy atom. The van der Waals surface area contributed by atoms with Crippen LogP contribution >= 0.6 is 0 Å². The normalized spacial score (nSPS) is 53.1. The first kappa shape index (κ1) is 6.28. The van der Waals surface area contributed by atoms with Crippen molar-refractivity contribution < 1.29 is 0 Å². The minimum atomic E-state index is 0.993. The third kappa shape index (κ3) is 0.816. The minimum absolute atomic E-state index is 0.993. The molecule has 0 saturated heterocycles. The van der Waals surface area contributed by atoms with Gasteiger partial charge in [-0.25, -0.2) is 0 Å². The van der Waals surface area contributed by atoms with E-state index in [1.165, 1.54) is 19.3 Å². The molecule has 0 aliphatic heterocycles. The van der Waals surface area contributed by atoms with Crippen LogP contribution in [0.25, 0.3) is 0 Å². The molecule has 0 N–H and O–H groups in total. The Morgan fingerprint density at radius 2 is 1.82 bits per heavy atom. The van der Waals surface area contributed by atoms with Crippen LogP contribution in [0.2, 0.25) is 0 Å². The molecular weight excluding hydrogens is 132 g/mol. The molecular formula is C11H16. The second kappa shape index (κ2) is 2.12. The van der Waals surface area contributed by atoms with Crippen molar-refractivity contribution in [1.82, 2.24) is 0 Å². The fraction of sp³-hybridized carbons (Fsp3) is 0.818. The summed E-state index contributed by atoms with van der Waals surface area (Å²) in [4.78, 5) is 0. The molecule has 0 spiro atoms. The van der Waals surface area contributed by atoms with Crippen LogP contribution < -0.4 is 0 Å². The van der Waals surface area contributed by atoms with Gasteiger partial charge in [-0.05, 0) is 55.8 Å². The predicted octanol–water partition coefficient (Wildman–Crippen LogP) is 3.00. The number of allylic oxidation sites excluding steroid dienone is 2. The highest BCUT2D eigenvalue weighted by Crippen LogP contribution is 2.51. The fourth-order valence-corrected chi connectivity index (χ4v) is 3.56. The molecule has 11 heavy (non-hydrogen) atoms. The monoisotopic (exact) mass is 148 g/mol. The molecule has 0 aromatic heterocycles. The van der Waals surface area contributed by atoms with Crippen molar-refractivity contribution >= 4 is 0 Å². The predicted molar refractivity (Wildman–Crippen MR) is 46.2 cm³/mol. The lowest BCUT2D eigenvalue weighted by molar-refractivity contribution is 0.191. The number of rotatable bonds is 0. The molecule has 0 heteroatoms. The first-order valence-electron chi connectivity index (χ1n) is 5.10. The molecule has 0 heterocycles. The van der Waals surface area contributed by atoms with Crippen molar-refractivity contribution in [2.45, 2.75) is 32.1 Å². The summed E-state index contributed by atoms with van der Waals surface area (Å²) >= 11 is 0. The first-order valence-corrected chi connectivity index (χ1v) is 5.10. The maximum absolute atomic E-state index is 2.50. The summed E-state index contributed by atoms with van der Waals surface area (Å²) in [6.45, 7) is 0. The van der Waals surface area contributed by atoms with Crippen molar-refractivity contribution in [3.63, 3.8) is 0 Å². The van der Waals surface area contributed by atoms with Crippen LogP contribution in [0.3, 0.4) is 0 Å². The van der Waals surface area contributed by atoms with E-state index in [1.807, 2.05) is 0 Å². The quantitative estimate of drug-likeness (QED) is 0.463. The van der Waals surface area contributed by atoms with Crippen LogP contribution in [0, 0.1) is 23.7 Å². The molecule has 4 bridgehead atoms. The first-order chi connectivity index (χ1) is 5.43. The van der Waals surface area contributed by atoms with Gasteiger partial charge in [0.2, 0.25) is 0 Å². The van der Waals surface area contributed by atoms with Gasteiger partial charge < -0.3 is 0 Å². The highest BCUT2D eigenvalue weighted by Gasteiger charge is 2.41. The van der Waals surface area contributed by atoms with Gasteiger partial charge in [0, 0.05) is 0 Å². The van der Waals surface area contributed by atoms with Crippen LogP contribution in [0.1, 0.15) is 32.1 Å². The molecule has 0 radical (unpaired) electrons. The van der Waals surface area contributed by atoms with Crippen LogP contribution in [-0.2, 0) is 0 Å². The van der Waals surface area contributed by atoms with E-state index in [-0.39, 0.29) is 0 Å². The van der Waals surface area contributed by atoms with Crippen molar-refractivity contribution in [3.8, 4) is 0 Å². The van der Waals surface area contributed by atoms with Gasteiger partial charge in [-0.3, -0.25) is 0 Å². The van der Waals surface area contributed by atoms with Crippen LogP contribution in [0.15, 0.2) is 12.2 Å². The average Bonchev–Trinajstić information content (AvgIpc) is 2.48. The topological polar surface area (TPSA) is 0 Å². The maximum Gasteiger partial charge on any atom is -0.0202 e. The third-order valence-electron chi connectivity index (χ3n) is 4.18. The minimum Gasteiger partial charge on any atom is -0.0880 e. The summed E-state index contributed by atoms with van der Waals surface area (Å²) in [6.07, 6.45) is 12.5. The molecule has 2 saturated carbocycles. The molecule has 2 fully saturated rings. The molecule has 4 atom stereocenters. The Hall–Kier alpha value is -0.260. The largest absolute Gasteiger partial charge is 0.0880 e. The van der Waals surface area contributed by atoms with Gasteiger partial charge in [0.25, 0.3) is 0 Å². The number of fused-ring (bicyclic) bond motifs is 6. The van der Waals surface area contributed by atoms with Crippen LogP contribution in [0.4, 0.5) is 0 Å². The third-order valence-corrected chi connectivity index (χ3v) is 4.18. The second-order valence-electron chi connectivity index (χ2n) is 4.66. The lowest BCUT2D eigenvalue weighted by atomic mass is 9.69. The summed E-state index contributed by atoms with van der Waals surface area (Å²) in [6, 6.07) is 0. The van der Waals surface area contributed by atoms with Gasteiger partial charge in [0.05, 0.1) is 0 Å². The molecule has 0 aromatic carbocycles. The SMILES string of the molecule is C1=CC2CC(C1)C1CCC2C1. The fourth-order valence-electron chi connectivity index (χ4n) is 3.56. The average molecular weight is 148 g/mol. The molecule has 0 amide bonds. The van der Waals surface area contributed by atoms with E-state index >= 15 is 0 Å². The summed E-state index contributed by atoms with van der Waals surface area (Å²) in [5.74, 6) is 4.30. The molecule has 3 aliphatic rings. The Bertz CT molecular complexity index is 192. The van der Waals surface area contributed by atoms with Gasteiger partial charge in [-0.2, -0.15) is 0 Å². The number of hydrogen-bond donors (Lipinski definition) is 0. The standard InChI is InChI=1S/C11H16/c1-2-8-6-9(3-1)11-5-4-10(8)7-11/h1-2,8-11H,3-7H2. The van der Waals surface area contributed by atoms with Crippen LogP contribution in [0.5, 0.6) is 0 Å². The smallest absolute Gasteiger partial charge is 0.0202 e. The molecule has 60 valence electrons. The molecule has 3 aliphatic carbocycles. The van der Waals surface area contributed by atoms with E-state index in [1.54, 1.807) is 12.8 Å². The summed E-state index contributed by atoms with van der Waals surface area (Å²) < 4.78 is 0. The van der Waals surface area contributed by atoms with E-state index in [2.05, 4.69) is 12.2 Å². The van der Waals surface area contributed by atoms with E-state index < -0.39 is 0 Å². The van der Waals surface area contributed by atoms with E-state index in [4.69, 9.17) is 0 Å². The zero-order valence-electron chi connectivity index (χ0n) is 7.00. The summed E-state index contributed by atoms with van der Waals surface area (Å²) in [5.41, 5.74) is 0. The molecule has 0 nitrogen and oxygen atoms in total.